The van der Waals surface area contributed by atoms with Crippen LogP contribution in [0.15, 0.2) is 71.3 Å². The lowest BCUT2D eigenvalue weighted by Gasteiger charge is -2.12. The Morgan fingerprint density at radius 3 is 2.41 bits per heavy atom. The molecule has 0 saturated heterocycles. The van der Waals surface area contributed by atoms with Gasteiger partial charge in [-0.1, -0.05) is 11.6 Å². The summed E-state index contributed by atoms with van der Waals surface area (Å²) in [4.78, 5) is 8.91. The van der Waals surface area contributed by atoms with Crippen molar-refractivity contribution in [2.24, 2.45) is 0 Å². The molecule has 0 saturated carbocycles. The highest BCUT2D eigenvalue weighted by Crippen LogP contribution is 2.37. The van der Waals surface area contributed by atoms with Crippen molar-refractivity contribution in [3.63, 3.8) is 0 Å². The van der Waals surface area contributed by atoms with Crippen molar-refractivity contribution < 1.29 is 18.6 Å². The van der Waals surface area contributed by atoms with E-state index in [1.807, 2.05) is 42.5 Å². The lowest BCUT2D eigenvalue weighted by Crippen LogP contribution is -1.93. The molecular formula is C24H18ClN3O4. The van der Waals surface area contributed by atoms with Crippen molar-refractivity contribution >= 4 is 45.3 Å². The number of fused-ring (bicyclic) bond motifs is 2. The number of rotatable bonds is 6. The molecule has 7 nitrogen and oxygen atoms in total. The van der Waals surface area contributed by atoms with Crippen LogP contribution in [0.4, 0.5) is 11.7 Å². The molecule has 32 heavy (non-hydrogen) atoms. The van der Waals surface area contributed by atoms with Crippen LogP contribution in [0.1, 0.15) is 0 Å². The van der Waals surface area contributed by atoms with Gasteiger partial charge in [0.1, 0.15) is 17.0 Å². The van der Waals surface area contributed by atoms with E-state index in [4.69, 9.17) is 30.2 Å². The number of nitrogens with one attached hydrogen (secondary N) is 1. The van der Waals surface area contributed by atoms with Crippen LogP contribution in [0.3, 0.4) is 0 Å². The first-order chi connectivity index (χ1) is 15.6. The van der Waals surface area contributed by atoms with Gasteiger partial charge in [0.25, 0.3) is 6.01 Å². The van der Waals surface area contributed by atoms with E-state index in [2.05, 4.69) is 15.3 Å². The zero-order valence-corrected chi connectivity index (χ0v) is 18.0. The maximum atomic E-state index is 6.16. The second-order valence-electron chi connectivity index (χ2n) is 6.92. The average Bonchev–Trinajstić information content (AvgIpc) is 3.21. The molecule has 0 aliphatic rings. The van der Waals surface area contributed by atoms with Gasteiger partial charge in [-0.3, -0.25) is 4.98 Å². The Morgan fingerprint density at radius 2 is 1.62 bits per heavy atom. The Kier molecular flexibility index (Phi) is 5.17. The molecule has 8 heteroatoms. The summed E-state index contributed by atoms with van der Waals surface area (Å²) in [7, 11) is 3.18. The Bertz CT molecular complexity index is 1420. The topological polar surface area (TPSA) is 78.6 Å². The van der Waals surface area contributed by atoms with Crippen LogP contribution in [0.2, 0.25) is 5.02 Å². The lowest BCUT2D eigenvalue weighted by molar-refractivity contribution is 0.355. The molecule has 5 aromatic rings. The molecule has 2 heterocycles. The molecule has 3 aromatic carbocycles. The molecule has 1 N–H and O–H groups in total. The standard InChI is InChI=1S/C24H18ClN3O4/c1-29-22-12-17-18(13-23(22)30-2)26-10-9-20(17)31-16-7-8-21-19(11-16)28-24(32-21)27-15-5-3-14(25)4-6-15/h3-13H,1-2H3,(H,27,28). The van der Waals surface area contributed by atoms with Crippen LogP contribution >= 0.6 is 11.6 Å². The monoisotopic (exact) mass is 447 g/mol. The molecule has 0 fully saturated rings. The Hall–Kier alpha value is -3.97. The summed E-state index contributed by atoms with van der Waals surface area (Å²) in [6, 6.07) is 18.6. The average molecular weight is 448 g/mol. The lowest BCUT2D eigenvalue weighted by atomic mass is 10.2. The number of hydrogen-bond acceptors (Lipinski definition) is 7. The molecule has 160 valence electrons. The van der Waals surface area contributed by atoms with Crippen LogP contribution < -0.4 is 19.5 Å². The maximum absolute atomic E-state index is 6.16. The number of pyridine rings is 1. The third kappa shape index (κ3) is 3.86. The minimum Gasteiger partial charge on any atom is -0.493 e. The fraction of sp³-hybridized carbons (Fsp3) is 0.0833. The van der Waals surface area contributed by atoms with E-state index >= 15 is 0 Å². The number of methoxy groups -OCH3 is 2. The molecule has 2 aromatic heterocycles. The first kappa shape index (κ1) is 20.0. The number of hydrogen-bond donors (Lipinski definition) is 1. The second-order valence-corrected chi connectivity index (χ2v) is 7.35. The zero-order valence-electron chi connectivity index (χ0n) is 17.3. The number of aromatic nitrogens is 2. The molecule has 0 spiro atoms. The molecule has 0 radical (unpaired) electrons. The Labute approximate surface area is 188 Å². The van der Waals surface area contributed by atoms with Gasteiger partial charge >= 0.3 is 0 Å². The van der Waals surface area contributed by atoms with Gasteiger partial charge in [0.05, 0.1) is 19.7 Å². The summed E-state index contributed by atoms with van der Waals surface area (Å²) in [6.07, 6.45) is 1.69. The summed E-state index contributed by atoms with van der Waals surface area (Å²) in [5.74, 6) is 2.46. The molecular weight excluding hydrogens is 430 g/mol. The number of nitrogens with zero attached hydrogens (tertiary/aromatic N) is 2. The highest BCUT2D eigenvalue weighted by Gasteiger charge is 2.13. The van der Waals surface area contributed by atoms with E-state index in [1.165, 1.54) is 0 Å². The Morgan fingerprint density at radius 1 is 0.844 bits per heavy atom. The minimum atomic E-state index is 0.380. The van der Waals surface area contributed by atoms with Gasteiger partial charge in [-0.15, -0.1) is 0 Å². The summed E-state index contributed by atoms with van der Waals surface area (Å²) >= 11 is 5.93. The molecule has 5 rings (SSSR count). The second kappa shape index (κ2) is 8.28. The number of halogens is 1. The SMILES string of the molecule is COc1cc2nccc(Oc3ccc4oc(Nc5ccc(Cl)cc5)nc4c3)c2cc1OC. The van der Waals surface area contributed by atoms with Crippen molar-refractivity contribution in [1.29, 1.82) is 0 Å². The summed E-state index contributed by atoms with van der Waals surface area (Å²) < 4.78 is 22.7. The van der Waals surface area contributed by atoms with E-state index in [9.17, 15) is 0 Å². The number of anilines is 2. The fourth-order valence-electron chi connectivity index (χ4n) is 3.34. The first-order valence-electron chi connectivity index (χ1n) is 9.75. The van der Waals surface area contributed by atoms with Crippen molar-refractivity contribution in [3.05, 3.63) is 71.9 Å². The van der Waals surface area contributed by atoms with E-state index in [1.54, 1.807) is 38.6 Å². The summed E-state index contributed by atoms with van der Waals surface area (Å²) in [5.41, 5.74) is 2.86. The normalized spacial score (nSPS) is 11.0. The predicted octanol–water partition coefficient (Wildman–Crippen LogP) is 6.58. The van der Waals surface area contributed by atoms with Gasteiger partial charge in [0.15, 0.2) is 17.1 Å². The smallest absolute Gasteiger partial charge is 0.300 e. The zero-order chi connectivity index (χ0) is 22.1. The van der Waals surface area contributed by atoms with Crippen molar-refractivity contribution in [3.8, 4) is 23.0 Å². The first-order valence-corrected chi connectivity index (χ1v) is 10.1. The third-order valence-electron chi connectivity index (χ3n) is 4.89. The highest BCUT2D eigenvalue weighted by molar-refractivity contribution is 6.30. The molecule has 0 amide bonds. The van der Waals surface area contributed by atoms with Crippen LogP contribution in [-0.4, -0.2) is 24.2 Å². The summed E-state index contributed by atoms with van der Waals surface area (Å²) in [6.45, 7) is 0. The minimum absolute atomic E-state index is 0.380. The molecule has 0 aliphatic heterocycles. The Balaban J connectivity index is 1.45. The van der Waals surface area contributed by atoms with Gasteiger partial charge in [-0.25, -0.2) is 0 Å². The van der Waals surface area contributed by atoms with Gasteiger partial charge in [-0.2, -0.15) is 4.98 Å². The molecule has 0 atom stereocenters. The highest BCUT2D eigenvalue weighted by atomic mass is 35.5. The van der Waals surface area contributed by atoms with Crippen LogP contribution in [0, 0.1) is 0 Å². The predicted molar refractivity (Wildman–Crippen MR) is 124 cm³/mol. The van der Waals surface area contributed by atoms with Gasteiger partial charge in [0.2, 0.25) is 0 Å². The maximum Gasteiger partial charge on any atom is 0.300 e. The van der Waals surface area contributed by atoms with Gasteiger partial charge in [0, 0.05) is 34.4 Å². The third-order valence-corrected chi connectivity index (χ3v) is 5.14. The summed E-state index contributed by atoms with van der Waals surface area (Å²) in [5, 5.41) is 4.59. The van der Waals surface area contributed by atoms with Crippen molar-refractivity contribution in [2.75, 3.05) is 19.5 Å². The largest absolute Gasteiger partial charge is 0.493 e. The van der Waals surface area contributed by atoms with Crippen molar-refractivity contribution in [1.82, 2.24) is 9.97 Å². The van der Waals surface area contributed by atoms with E-state index in [-0.39, 0.29) is 0 Å². The number of ether oxygens (including phenoxy) is 3. The molecule has 0 unspecified atom stereocenters. The van der Waals surface area contributed by atoms with E-state index in [0.717, 1.165) is 16.6 Å². The van der Waals surface area contributed by atoms with Crippen LogP contribution in [0.25, 0.3) is 22.0 Å². The van der Waals surface area contributed by atoms with Crippen LogP contribution in [-0.2, 0) is 0 Å². The molecule has 0 aliphatic carbocycles. The molecule has 0 bridgehead atoms. The van der Waals surface area contributed by atoms with E-state index in [0.29, 0.717) is 45.1 Å². The number of oxazole rings is 1. The quantitative estimate of drug-likeness (QED) is 0.315. The van der Waals surface area contributed by atoms with E-state index < -0.39 is 0 Å². The number of benzene rings is 3. The van der Waals surface area contributed by atoms with Crippen LogP contribution in [0.5, 0.6) is 23.0 Å². The van der Waals surface area contributed by atoms with Gasteiger partial charge in [-0.05, 0) is 48.5 Å². The van der Waals surface area contributed by atoms with Crippen molar-refractivity contribution in [2.45, 2.75) is 0 Å². The van der Waals surface area contributed by atoms with Gasteiger partial charge < -0.3 is 23.9 Å². The fourth-order valence-corrected chi connectivity index (χ4v) is 3.47.